The van der Waals surface area contributed by atoms with Crippen molar-refractivity contribution < 1.29 is 18.7 Å². The van der Waals surface area contributed by atoms with Gasteiger partial charge in [0.25, 0.3) is 5.91 Å². The first-order chi connectivity index (χ1) is 10.5. The zero-order valence-electron chi connectivity index (χ0n) is 12.5. The molecule has 0 saturated carbocycles. The van der Waals surface area contributed by atoms with E-state index >= 15 is 0 Å². The number of benzene rings is 1. The number of carbonyl (C=O) groups is 2. The lowest BCUT2D eigenvalue weighted by molar-refractivity contribution is -0.134. The minimum atomic E-state index is -0.726. The second kappa shape index (κ2) is 6.89. The summed E-state index contributed by atoms with van der Waals surface area (Å²) in [5.41, 5.74) is -0.514. The van der Waals surface area contributed by atoms with E-state index in [4.69, 9.17) is 9.15 Å². The number of carbonyl (C=O) groups excluding carboxylic acids is 2. The third kappa shape index (κ3) is 3.52. The van der Waals surface area contributed by atoms with Crippen LogP contribution in [0.3, 0.4) is 0 Å². The molecular weight excluding hydrogens is 286 g/mol. The molecule has 2 rings (SSSR count). The van der Waals surface area contributed by atoms with Gasteiger partial charge in [0.1, 0.15) is 16.9 Å². The van der Waals surface area contributed by atoms with Crippen molar-refractivity contribution in [1.82, 2.24) is 5.32 Å². The average Bonchev–Trinajstić information content (AvgIpc) is 2.46. The molecule has 22 heavy (non-hydrogen) atoms. The highest BCUT2D eigenvalue weighted by Crippen LogP contribution is 2.21. The van der Waals surface area contributed by atoms with Crippen LogP contribution in [-0.4, -0.2) is 18.4 Å². The standard InChI is InChI=1S/C16H17NO5/c1-3-5-14(18)21-11-7-6-10-8-12(15(19)17-4-2)16(20)22-13(10)9-11/h6-9H,3-5H2,1-2H3,(H,17,19). The Labute approximate surface area is 127 Å². The molecular formula is C16H17NO5. The van der Waals surface area contributed by atoms with Crippen LogP contribution in [0.15, 0.2) is 33.5 Å². The van der Waals surface area contributed by atoms with Crippen LogP contribution in [0, 0.1) is 0 Å². The molecule has 0 unspecified atom stereocenters. The van der Waals surface area contributed by atoms with Crippen molar-refractivity contribution in [1.29, 1.82) is 0 Å². The van der Waals surface area contributed by atoms with E-state index in [9.17, 15) is 14.4 Å². The normalized spacial score (nSPS) is 10.5. The van der Waals surface area contributed by atoms with Crippen LogP contribution in [0.5, 0.6) is 5.75 Å². The Bertz CT molecular complexity index is 763. The Balaban J connectivity index is 2.35. The molecule has 1 aromatic carbocycles. The smallest absolute Gasteiger partial charge is 0.349 e. The summed E-state index contributed by atoms with van der Waals surface area (Å²) in [5.74, 6) is -0.514. The first-order valence-corrected chi connectivity index (χ1v) is 7.12. The van der Waals surface area contributed by atoms with Gasteiger partial charge in [0.2, 0.25) is 0 Å². The van der Waals surface area contributed by atoms with Crippen LogP contribution in [0.1, 0.15) is 37.0 Å². The molecule has 1 N–H and O–H groups in total. The summed E-state index contributed by atoms with van der Waals surface area (Å²) in [7, 11) is 0. The Hall–Kier alpha value is -2.63. The number of nitrogens with one attached hydrogen (secondary N) is 1. The van der Waals surface area contributed by atoms with Gasteiger partial charge in [-0.3, -0.25) is 9.59 Å². The monoisotopic (exact) mass is 303 g/mol. The Morgan fingerprint density at radius 3 is 2.68 bits per heavy atom. The number of ether oxygens (including phenoxy) is 1. The summed E-state index contributed by atoms with van der Waals surface area (Å²) in [6.07, 6.45) is 1.01. The maximum absolute atomic E-state index is 11.9. The number of hydrogen-bond donors (Lipinski definition) is 1. The van der Waals surface area contributed by atoms with E-state index in [2.05, 4.69) is 5.32 Å². The topological polar surface area (TPSA) is 85.6 Å². The zero-order valence-corrected chi connectivity index (χ0v) is 12.5. The van der Waals surface area contributed by atoms with Crippen LogP contribution >= 0.6 is 0 Å². The van der Waals surface area contributed by atoms with E-state index in [0.29, 0.717) is 30.5 Å². The van der Waals surface area contributed by atoms with E-state index in [1.165, 1.54) is 12.1 Å². The quantitative estimate of drug-likeness (QED) is 0.520. The lowest BCUT2D eigenvalue weighted by atomic mass is 10.1. The third-order valence-electron chi connectivity index (χ3n) is 2.98. The average molecular weight is 303 g/mol. The van der Waals surface area contributed by atoms with Gasteiger partial charge in [-0.1, -0.05) is 6.92 Å². The Morgan fingerprint density at radius 2 is 2.00 bits per heavy atom. The summed E-state index contributed by atoms with van der Waals surface area (Å²) in [4.78, 5) is 35.1. The minimum absolute atomic E-state index is 0.0509. The molecule has 0 atom stereocenters. The predicted octanol–water partition coefficient (Wildman–Crippen LogP) is 2.25. The fourth-order valence-corrected chi connectivity index (χ4v) is 1.96. The molecule has 1 aromatic heterocycles. The molecule has 1 heterocycles. The van der Waals surface area contributed by atoms with Gasteiger partial charge in [-0.05, 0) is 31.5 Å². The van der Waals surface area contributed by atoms with Crippen molar-refractivity contribution in [3.63, 3.8) is 0 Å². The fraction of sp³-hybridized carbons (Fsp3) is 0.312. The van der Waals surface area contributed by atoms with Crippen molar-refractivity contribution in [2.24, 2.45) is 0 Å². The molecule has 0 bridgehead atoms. The summed E-state index contributed by atoms with van der Waals surface area (Å²) < 4.78 is 10.3. The largest absolute Gasteiger partial charge is 0.426 e. The first-order valence-electron chi connectivity index (χ1n) is 7.12. The number of hydrogen-bond acceptors (Lipinski definition) is 5. The maximum atomic E-state index is 11.9. The van der Waals surface area contributed by atoms with Crippen molar-refractivity contribution in [2.75, 3.05) is 6.54 Å². The minimum Gasteiger partial charge on any atom is -0.426 e. The molecule has 0 spiro atoms. The maximum Gasteiger partial charge on any atom is 0.349 e. The van der Waals surface area contributed by atoms with Gasteiger partial charge in [0.15, 0.2) is 0 Å². The second-order valence-electron chi connectivity index (χ2n) is 4.73. The summed E-state index contributed by atoms with van der Waals surface area (Å²) in [6.45, 7) is 4.06. The van der Waals surface area contributed by atoms with Gasteiger partial charge in [-0.2, -0.15) is 0 Å². The molecule has 0 aliphatic heterocycles. The summed E-state index contributed by atoms with van der Waals surface area (Å²) in [5, 5.41) is 3.13. The molecule has 0 radical (unpaired) electrons. The number of rotatable bonds is 5. The highest BCUT2D eigenvalue weighted by molar-refractivity contribution is 5.96. The summed E-state index contributed by atoms with van der Waals surface area (Å²) >= 11 is 0. The van der Waals surface area contributed by atoms with E-state index < -0.39 is 11.5 Å². The van der Waals surface area contributed by atoms with Crippen LogP contribution in [0.25, 0.3) is 11.0 Å². The Kier molecular flexibility index (Phi) is 4.93. The van der Waals surface area contributed by atoms with Gasteiger partial charge < -0.3 is 14.5 Å². The van der Waals surface area contributed by atoms with Crippen LogP contribution in [-0.2, 0) is 4.79 Å². The molecule has 2 aromatic rings. The van der Waals surface area contributed by atoms with E-state index in [-0.39, 0.29) is 17.1 Å². The highest BCUT2D eigenvalue weighted by atomic mass is 16.5. The van der Waals surface area contributed by atoms with Crippen molar-refractivity contribution in [3.8, 4) is 5.75 Å². The van der Waals surface area contributed by atoms with Gasteiger partial charge in [0.05, 0.1) is 0 Å². The van der Waals surface area contributed by atoms with Crippen LogP contribution < -0.4 is 15.7 Å². The third-order valence-corrected chi connectivity index (χ3v) is 2.98. The van der Waals surface area contributed by atoms with E-state index in [1.807, 2.05) is 6.92 Å². The SMILES string of the molecule is CCCC(=O)Oc1ccc2cc(C(=O)NCC)c(=O)oc2c1. The van der Waals surface area contributed by atoms with Crippen LogP contribution in [0.4, 0.5) is 0 Å². The second-order valence-corrected chi connectivity index (χ2v) is 4.73. The molecule has 0 aliphatic rings. The molecule has 6 nitrogen and oxygen atoms in total. The van der Waals surface area contributed by atoms with Crippen molar-refractivity contribution >= 4 is 22.8 Å². The molecule has 6 heteroatoms. The zero-order chi connectivity index (χ0) is 16.1. The highest BCUT2D eigenvalue weighted by Gasteiger charge is 2.13. The van der Waals surface area contributed by atoms with Gasteiger partial charge >= 0.3 is 11.6 Å². The number of amides is 1. The molecule has 0 saturated heterocycles. The Morgan fingerprint density at radius 1 is 1.23 bits per heavy atom. The number of esters is 1. The van der Waals surface area contributed by atoms with Gasteiger partial charge in [0, 0.05) is 24.4 Å². The van der Waals surface area contributed by atoms with Crippen LogP contribution in [0.2, 0.25) is 0 Å². The predicted molar refractivity (Wildman–Crippen MR) is 81.0 cm³/mol. The van der Waals surface area contributed by atoms with E-state index in [0.717, 1.165) is 0 Å². The molecule has 0 fully saturated rings. The molecule has 116 valence electrons. The lowest BCUT2D eigenvalue weighted by Gasteiger charge is -2.05. The van der Waals surface area contributed by atoms with Crippen molar-refractivity contribution in [3.05, 3.63) is 40.2 Å². The van der Waals surface area contributed by atoms with E-state index in [1.54, 1.807) is 19.1 Å². The first kappa shape index (κ1) is 15.8. The molecule has 1 amide bonds. The van der Waals surface area contributed by atoms with Crippen molar-refractivity contribution in [2.45, 2.75) is 26.7 Å². The van der Waals surface area contributed by atoms with Gasteiger partial charge in [-0.15, -0.1) is 0 Å². The number of fused-ring (bicyclic) bond motifs is 1. The van der Waals surface area contributed by atoms with Gasteiger partial charge in [-0.25, -0.2) is 4.79 Å². The lowest BCUT2D eigenvalue weighted by Crippen LogP contribution is -2.27. The molecule has 0 aliphatic carbocycles. The summed E-state index contributed by atoms with van der Waals surface area (Å²) in [6, 6.07) is 6.16. The fourth-order valence-electron chi connectivity index (χ4n) is 1.96.